The average Bonchev–Trinajstić information content (AvgIpc) is 1.89. The zero-order valence-corrected chi connectivity index (χ0v) is 7.11. The number of Topliss-reactive ketones (excluding diaryl/α,β-unsaturated/α-hetero) is 1. The van der Waals surface area contributed by atoms with E-state index in [0.717, 1.165) is 24.8 Å². The number of hydrogen-bond donors (Lipinski definition) is 0. The van der Waals surface area contributed by atoms with Crippen molar-refractivity contribution in [3.05, 3.63) is 11.6 Å². The molecule has 0 bridgehead atoms. The summed E-state index contributed by atoms with van der Waals surface area (Å²) in [7, 11) is 0. The van der Waals surface area contributed by atoms with Crippen molar-refractivity contribution in [1.82, 2.24) is 0 Å². The van der Waals surface area contributed by atoms with E-state index in [0.29, 0.717) is 0 Å². The van der Waals surface area contributed by atoms with Gasteiger partial charge in [-0.3, -0.25) is 4.79 Å². The smallest absolute Gasteiger partial charge is 0.155 e. The van der Waals surface area contributed by atoms with Gasteiger partial charge in [-0.25, -0.2) is 0 Å². The average molecular weight is 140 g/mol. The van der Waals surface area contributed by atoms with Crippen molar-refractivity contribution in [1.29, 1.82) is 0 Å². The lowest BCUT2D eigenvalue weighted by atomic mass is 10.1. The van der Waals surface area contributed by atoms with Crippen LogP contribution < -0.4 is 0 Å². The second kappa shape index (κ2) is 5.21. The van der Waals surface area contributed by atoms with Crippen molar-refractivity contribution in [3.63, 3.8) is 0 Å². The Labute approximate surface area is 63.1 Å². The minimum absolute atomic E-state index is 0.218. The second-order valence-corrected chi connectivity index (χ2v) is 2.47. The Morgan fingerprint density at radius 1 is 1.50 bits per heavy atom. The SMILES string of the molecule is C/C=C(/CCCC)C(C)=O. The van der Waals surface area contributed by atoms with Gasteiger partial charge in [0.25, 0.3) is 0 Å². The van der Waals surface area contributed by atoms with Crippen LogP contribution in [0.3, 0.4) is 0 Å². The Bertz CT molecular complexity index is 134. The maximum Gasteiger partial charge on any atom is 0.155 e. The third-order valence-corrected chi connectivity index (χ3v) is 1.60. The zero-order valence-electron chi connectivity index (χ0n) is 7.11. The molecule has 0 heterocycles. The van der Waals surface area contributed by atoms with E-state index in [1.807, 2.05) is 13.0 Å². The van der Waals surface area contributed by atoms with Crippen molar-refractivity contribution in [2.24, 2.45) is 0 Å². The van der Waals surface area contributed by atoms with Gasteiger partial charge in [0.2, 0.25) is 0 Å². The maximum absolute atomic E-state index is 10.8. The molecule has 58 valence electrons. The fraction of sp³-hybridized carbons (Fsp3) is 0.667. The molecule has 0 aromatic carbocycles. The molecule has 0 fully saturated rings. The summed E-state index contributed by atoms with van der Waals surface area (Å²) in [4.78, 5) is 10.8. The Morgan fingerprint density at radius 3 is 2.40 bits per heavy atom. The van der Waals surface area contributed by atoms with Crippen LogP contribution in [0.1, 0.15) is 40.0 Å². The fourth-order valence-corrected chi connectivity index (χ4v) is 0.891. The molecule has 0 atom stereocenters. The van der Waals surface area contributed by atoms with Crippen molar-refractivity contribution in [2.45, 2.75) is 40.0 Å². The number of allylic oxidation sites excluding steroid dienone is 2. The predicted octanol–water partition coefficient (Wildman–Crippen LogP) is 2.71. The third kappa shape index (κ3) is 3.44. The molecule has 0 saturated carbocycles. The number of carbonyl (C=O) groups is 1. The summed E-state index contributed by atoms with van der Waals surface area (Å²) in [6.45, 7) is 5.69. The second-order valence-electron chi connectivity index (χ2n) is 2.47. The van der Waals surface area contributed by atoms with Crippen LogP contribution in [0.5, 0.6) is 0 Å². The van der Waals surface area contributed by atoms with Crippen LogP contribution in [0.2, 0.25) is 0 Å². The van der Waals surface area contributed by atoms with E-state index in [9.17, 15) is 4.79 Å². The largest absolute Gasteiger partial charge is 0.295 e. The highest BCUT2D eigenvalue weighted by Gasteiger charge is 1.99. The number of rotatable bonds is 4. The lowest BCUT2D eigenvalue weighted by Gasteiger charge is -1.99. The molecule has 10 heavy (non-hydrogen) atoms. The Balaban J connectivity index is 3.74. The van der Waals surface area contributed by atoms with E-state index in [1.54, 1.807) is 6.92 Å². The highest BCUT2D eigenvalue weighted by molar-refractivity contribution is 5.93. The molecule has 1 heteroatoms. The van der Waals surface area contributed by atoms with Gasteiger partial charge in [-0.15, -0.1) is 0 Å². The molecule has 0 aliphatic rings. The van der Waals surface area contributed by atoms with Crippen molar-refractivity contribution in [2.75, 3.05) is 0 Å². The van der Waals surface area contributed by atoms with Crippen molar-refractivity contribution in [3.8, 4) is 0 Å². The first-order valence-corrected chi connectivity index (χ1v) is 3.88. The third-order valence-electron chi connectivity index (χ3n) is 1.60. The predicted molar refractivity (Wildman–Crippen MR) is 44.0 cm³/mol. The highest BCUT2D eigenvalue weighted by Crippen LogP contribution is 2.07. The van der Waals surface area contributed by atoms with Crippen LogP contribution in [0, 0.1) is 0 Å². The van der Waals surface area contributed by atoms with Crippen molar-refractivity contribution >= 4 is 5.78 Å². The standard InChI is InChI=1S/C9H16O/c1-4-6-7-9(5-2)8(3)10/h5H,4,6-7H2,1-3H3/b9-5-. The molecule has 0 aliphatic carbocycles. The van der Waals surface area contributed by atoms with Crippen LogP contribution in [0.25, 0.3) is 0 Å². The number of ketones is 1. The van der Waals surface area contributed by atoms with E-state index in [1.165, 1.54) is 0 Å². The number of carbonyl (C=O) groups excluding carboxylic acids is 1. The van der Waals surface area contributed by atoms with Gasteiger partial charge in [-0.05, 0) is 32.3 Å². The summed E-state index contributed by atoms with van der Waals surface area (Å²) in [5, 5.41) is 0. The molecule has 0 aromatic rings. The molecule has 0 radical (unpaired) electrons. The lowest BCUT2D eigenvalue weighted by Crippen LogP contribution is -1.95. The maximum atomic E-state index is 10.8. The van der Waals surface area contributed by atoms with Gasteiger partial charge in [-0.1, -0.05) is 19.4 Å². The first-order valence-electron chi connectivity index (χ1n) is 3.88. The molecule has 0 aliphatic heterocycles. The minimum Gasteiger partial charge on any atom is -0.295 e. The van der Waals surface area contributed by atoms with E-state index >= 15 is 0 Å². The number of unbranched alkanes of at least 4 members (excludes halogenated alkanes) is 1. The summed E-state index contributed by atoms with van der Waals surface area (Å²) >= 11 is 0. The molecular weight excluding hydrogens is 124 g/mol. The quantitative estimate of drug-likeness (QED) is 0.549. The van der Waals surface area contributed by atoms with E-state index in [2.05, 4.69) is 6.92 Å². The lowest BCUT2D eigenvalue weighted by molar-refractivity contribution is -0.113. The normalized spacial score (nSPS) is 11.7. The first kappa shape index (κ1) is 9.41. The van der Waals surface area contributed by atoms with E-state index < -0.39 is 0 Å². The Morgan fingerprint density at radius 2 is 2.10 bits per heavy atom. The van der Waals surface area contributed by atoms with Crippen LogP contribution in [-0.4, -0.2) is 5.78 Å². The molecule has 0 N–H and O–H groups in total. The zero-order chi connectivity index (χ0) is 7.98. The summed E-state index contributed by atoms with van der Waals surface area (Å²) < 4.78 is 0. The fourth-order valence-electron chi connectivity index (χ4n) is 0.891. The number of hydrogen-bond acceptors (Lipinski definition) is 1. The Hall–Kier alpha value is -0.590. The van der Waals surface area contributed by atoms with Gasteiger partial charge in [0.1, 0.15) is 0 Å². The van der Waals surface area contributed by atoms with Gasteiger partial charge >= 0.3 is 0 Å². The summed E-state index contributed by atoms with van der Waals surface area (Å²) in [6.07, 6.45) is 5.14. The summed E-state index contributed by atoms with van der Waals surface area (Å²) in [6, 6.07) is 0. The molecule has 0 spiro atoms. The topological polar surface area (TPSA) is 17.1 Å². The molecule has 0 amide bonds. The molecule has 0 rings (SSSR count). The van der Waals surface area contributed by atoms with Gasteiger partial charge in [0.15, 0.2) is 5.78 Å². The monoisotopic (exact) mass is 140 g/mol. The molecule has 0 aromatic heterocycles. The minimum atomic E-state index is 0.218. The molecular formula is C9H16O. The van der Waals surface area contributed by atoms with Crippen molar-refractivity contribution < 1.29 is 4.79 Å². The molecule has 0 saturated heterocycles. The van der Waals surface area contributed by atoms with Crippen LogP contribution in [-0.2, 0) is 4.79 Å². The van der Waals surface area contributed by atoms with Crippen LogP contribution >= 0.6 is 0 Å². The van der Waals surface area contributed by atoms with Gasteiger partial charge in [-0.2, -0.15) is 0 Å². The van der Waals surface area contributed by atoms with E-state index in [4.69, 9.17) is 0 Å². The highest BCUT2D eigenvalue weighted by atomic mass is 16.1. The van der Waals surface area contributed by atoms with Gasteiger partial charge in [0, 0.05) is 0 Å². The van der Waals surface area contributed by atoms with E-state index in [-0.39, 0.29) is 5.78 Å². The molecule has 0 unspecified atom stereocenters. The van der Waals surface area contributed by atoms with Gasteiger partial charge < -0.3 is 0 Å². The van der Waals surface area contributed by atoms with Crippen LogP contribution in [0.15, 0.2) is 11.6 Å². The molecule has 1 nitrogen and oxygen atoms in total. The summed E-state index contributed by atoms with van der Waals surface area (Å²) in [5.74, 6) is 0.218. The summed E-state index contributed by atoms with van der Waals surface area (Å²) in [5.41, 5.74) is 0.974. The Kier molecular flexibility index (Phi) is 4.91. The van der Waals surface area contributed by atoms with Gasteiger partial charge in [0.05, 0.1) is 0 Å². The first-order chi connectivity index (χ1) is 4.72. The van der Waals surface area contributed by atoms with Crippen LogP contribution in [0.4, 0.5) is 0 Å².